The van der Waals surface area contributed by atoms with Crippen LogP contribution in [0.4, 0.5) is 0 Å². The number of nitrogens with zero attached hydrogens (tertiary/aromatic N) is 1. The van der Waals surface area contributed by atoms with Gasteiger partial charge in [-0.25, -0.2) is 4.99 Å². The first kappa shape index (κ1) is 16.5. The second-order valence-electron chi connectivity index (χ2n) is 6.01. The van der Waals surface area contributed by atoms with Crippen molar-refractivity contribution in [3.63, 3.8) is 0 Å². The summed E-state index contributed by atoms with van der Waals surface area (Å²) >= 11 is 0. The van der Waals surface area contributed by atoms with Gasteiger partial charge in [-0.2, -0.15) is 0 Å². The third-order valence-corrected chi connectivity index (χ3v) is 2.81. The van der Waals surface area contributed by atoms with E-state index in [1.807, 2.05) is 13.8 Å². The van der Waals surface area contributed by atoms with Gasteiger partial charge in [0.15, 0.2) is 0 Å². The van der Waals surface area contributed by atoms with Crippen LogP contribution in [0.5, 0.6) is 0 Å². The summed E-state index contributed by atoms with van der Waals surface area (Å²) in [4.78, 5) is 4.46. The van der Waals surface area contributed by atoms with Gasteiger partial charge in [0.1, 0.15) is 6.61 Å². The molecule has 3 heteroatoms. The van der Waals surface area contributed by atoms with Crippen LogP contribution < -0.4 is 5.32 Å². The maximum Gasteiger partial charge on any atom is 0.285 e. The summed E-state index contributed by atoms with van der Waals surface area (Å²) in [5, 5.41) is 3.24. The minimum absolute atomic E-state index is 0.222. The molecule has 0 aliphatic heterocycles. The van der Waals surface area contributed by atoms with E-state index in [0.717, 1.165) is 5.56 Å². The number of rotatable bonds is 5. The second-order valence-corrected chi connectivity index (χ2v) is 6.01. The molecule has 1 rings (SSSR count). The van der Waals surface area contributed by atoms with Crippen LogP contribution >= 0.6 is 0 Å². The van der Waals surface area contributed by atoms with Gasteiger partial charge in [0.25, 0.3) is 6.02 Å². The van der Waals surface area contributed by atoms with E-state index in [2.05, 4.69) is 62.3 Å². The van der Waals surface area contributed by atoms with Crippen LogP contribution in [-0.2, 0) is 11.3 Å². The Morgan fingerprint density at radius 2 is 1.65 bits per heavy atom. The van der Waals surface area contributed by atoms with Crippen molar-refractivity contribution >= 4 is 6.02 Å². The molecule has 0 aliphatic rings. The molecule has 0 heterocycles. The van der Waals surface area contributed by atoms with E-state index in [1.54, 1.807) is 0 Å². The summed E-state index contributed by atoms with van der Waals surface area (Å²) in [6.45, 7) is 13.2. The van der Waals surface area contributed by atoms with Crippen LogP contribution in [0.1, 0.15) is 58.6 Å². The highest BCUT2D eigenvalue weighted by Gasteiger charge is 2.05. The van der Waals surface area contributed by atoms with Gasteiger partial charge in [0.2, 0.25) is 0 Å². The van der Waals surface area contributed by atoms with E-state index in [9.17, 15) is 0 Å². The quantitative estimate of drug-likeness (QED) is 0.649. The van der Waals surface area contributed by atoms with Gasteiger partial charge in [0, 0.05) is 12.1 Å². The normalized spacial score (nSPS) is 12.3. The lowest BCUT2D eigenvalue weighted by atomic mass is 10.0. The molecule has 1 N–H and O–H groups in total. The Labute approximate surface area is 123 Å². The minimum atomic E-state index is 0.222. The van der Waals surface area contributed by atoms with Crippen molar-refractivity contribution in [1.82, 2.24) is 5.32 Å². The second kappa shape index (κ2) is 7.93. The number of ether oxygens (including phenoxy) is 1. The molecule has 112 valence electrons. The van der Waals surface area contributed by atoms with Crippen molar-refractivity contribution in [3.8, 4) is 0 Å². The fourth-order valence-corrected chi connectivity index (χ4v) is 1.75. The van der Waals surface area contributed by atoms with E-state index in [0.29, 0.717) is 24.6 Å². The van der Waals surface area contributed by atoms with Crippen molar-refractivity contribution in [2.75, 3.05) is 0 Å². The highest BCUT2D eigenvalue weighted by atomic mass is 16.5. The third kappa shape index (κ3) is 6.09. The molecular weight excluding hydrogens is 248 g/mol. The molecule has 0 fully saturated rings. The molecule has 1 aromatic carbocycles. The molecule has 0 atom stereocenters. The molecule has 0 spiro atoms. The maximum absolute atomic E-state index is 5.79. The Hall–Kier alpha value is -1.51. The maximum atomic E-state index is 5.79. The Kier molecular flexibility index (Phi) is 6.56. The molecule has 0 radical (unpaired) electrons. The Morgan fingerprint density at radius 3 is 2.10 bits per heavy atom. The Balaban J connectivity index is 2.62. The van der Waals surface area contributed by atoms with Gasteiger partial charge in [-0.15, -0.1) is 0 Å². The number of aliphatic imine (C=N–C) groups is 1. The fraction of sp³-hybridized carbons (Fsp3) is 0.588. The zero-order chi connectivity index (χ0) is 15.1. The molecule has 0 amide bonds. The standard InChI is InChI=1S/C17H28N2O/c1-12(2)16-9-7-15(8-10-16)11-20-17(18-13(3)4)19-14(5)6/h7-10,12-14H,11H2,1-6H3,(H,18,19). The lowest BCUT2D eigenvalue weighted by Crippen LogP contribution is -2.33. The highest BCUT2D eigenvalue weighted by molar-refractivity contribution is 5.74. The number of nitrogens with one attached hydrogen (secondary N) is 1. The average molecular weight is 276 g/mol. The largest absolute Gasteiger partial charge is 0.460 e. The first-order valence-electron chi connectivity index (χ1n) is 7.44. The smallest absolute Gasteiger partial charge is 0.285 e. The fourth-order valence-electron chi connectivity index (χ4n) is 1.75. The third-order valence-electron chi connectivity index (χ3n) is 2.81. The first-order valence-corrected chi connectivity index (χ1v) is 7.44. The van der Waals surface area contributed by atoms with Gasteiger partial charge in [-0.1, -0.05) is 38.1 Å². The summed E-state index contributed by atoms with van der Waals surface area (Å²) in [6.07, 6.45) is 0. The summed E-state index contributed by atoms with van der Waals surface area (Å²) in [5.41, 5.74) is 2.52. The summed E-state index contributed by atoms with van der Waals surface area (Å²) in [7, 11) is 0. The monoisotopic (exact) mass is 276 g/mol. The van der Waals surface area contributed by atoms with Crippen LogP contribution in [0.3, 0.4) is 0 Å². The zero-order valence-electron chi connectivity index (χ0n) is 13.6. The van der Waals surface area contributed by atoms with Crippen molar-refractivity contribution in [2.24, 2.45) is 4.99 Å². The van der Waals surface area contributed by atoms with E-state index < -0.39 is 0 Å². The van der Waals surface area contributed by atoms with Crippen LogP contribution in [0.25, 0.3) is 0 Å². The molecule has 0 bridgehead atoms. The average Bonchev–Trinajstić information content (AvgIpc) is 2.35. The predicted molar refractivity (Wildman–Crippen MR) is 86.2 cm³/mol. The Morgan fingerprint density at radius 1 is 1.05 bits per heavy atom. The molecule has 0 saturated heterocycles. The van der Waals surface area contributed by atoms with Crippen LogP contribution in [0.15, 0.2) is 29.3 Å². The molecule has 1 aromatic rings. The molecule has 3 nitrogen and oxygen atoms in total. The van der Waals surface area contributed by atoms with Gasteiger partial charge >= 0.3 is 0 Å². The summed E-state index contributed by atoms with van der Waals surface area (Å²) < 4.78 is 5.79. The lowest BCUT2D eigenvalue weighted by molar-refractivity contribution is 0.271. The topological polar surface area (TPSA) is 33.6 Å². The van der Waals surface area contributed by atoms with Gasteiger partial charge in [-0.3, -0.25) is 0 Å². The van der Waals surface area contributed by atoms with E-state index >= 15 is 0 Å². The molecule has 0 unspecified atom stereocenters. The van der Waals surface area contributed by atoms with Crippen molar-refractivity contribution in [1.29, 1.82) is 0 Å². The van der Waals surface area contributed by atoms with E-state index in [-0.39, 0.29) is 6.04 Å². The zero-order valence-corrected chi connectivity index (χ0v) is 13.6. The first-order chi connectivity index (χ1) is 9.38. The summed E-state index contributed by atoms with van der Waals surface area (Å²) in [6, 6.07) is 9.74. The van der Waals surface area contributed by atoms with Gasteiger partial charge < -0.3 is 10.1 Å². The highest BCUT2D eigenvalue weighted by Crippen LogP contribution is 2.15. The van der Waals surface area contributed by atoms with Crippen molar-refractivity contribution < 1.29 is 4.74 Å². The minimum Gasteiger partial charge on any atom is -0.460 e. The predicted octanol–water partition coefficient (Wildman–Crippen LogP) is 4.09. The van der Waals surface area contributed by atoms with Crippen molar-refractivity contribution in [2.45, 2.75) is 66.2 Å². The molecule has 20 heavy (non-hydrogen) atoms. The molecule has 0 saturated carbocycles. The Bertz CT molecular complexity index is 419. The van der Waals surface area contributed by atoms with Crippen LogP contribution in [-0.4, -0.2) is 18.1 Å². The van der Waals surface area contributed by atoms with Crippen LogP contribution in [0.2, 0.25) is 0 Å². The van der Waals surface area contributed by atoms with Crippen LogP contribution in [0, 0.1) is 0 Å². The SMILES string of the molecule is CC(C)N=C(NC(C)C)OCc1ccc(C(C)C)cc1. The van der Waals surface area contributed by atoms with Gasteiger partial charge in [-0.05, 0) is 44.7 Å². The molecule has 0 aromatic heterocycles. The van der Waals surface area contributed by atoms with E-state index in [4.69, 9.17) is 4.74 Å². The molecule has 0 aliphatic carbocycles. The van der Waals surface area contributed by atoms with E-state index in [1.165, 1.54) is 5.56 Å². The summed E-state index contributed by atoms with van der Waals surface area (Å²) in [5.74, 6) is 0.561. The number of benzene rings is 1. The number of amidine groups is 1. The van der Waals surface area contributed by atoms with Crippen molar-refractivity contribution in [3.05, 3.63) is 35.4 Å². The number of hydrogen-bond donors (Lipinski definition) is 1. The number of hydrogen-bond acceptors (Lipinski definition) is 2. The lowest BCUT2D eigenvalue weighted by Gasteiger charge is -2.15. The molecular formula is C17H28N2O. The van der Waals surface area contributed by atoms with Gasteiger partial charge in [0.05, 0.1) is 0 Å².